The van der Waals surface area contributed by atoms with E-state index < -0.39 is 11.0 Å². The van der Waals surface area contributed by atoms with Crippen LogP contribution in [-0.4, -0.2) is 52.2 Å². The number of aliphatic hydroxyl groups is 1. The summed E-state index contributed by atoms with van der Waals surface area (Å²) in [6.45, 7) is 6.45. The van der Waals surface area contributed by atoms with Crippen molar-refractivity contribution < 1.29 is 14.8 Å². The van der Waals surface area contributed by atoms with Crippen molar-refractivity contribution in [3.63, 3.8) is 0 Å². The third kappa shape index (κ3) is 4.76. The minimum absolute atomic E-state index is 0.0148. The van der Waals surface area contributed by atoms with Crippen molar-refractivity contribution in [1.82, 2.24) is 15.1 Å². The van der Waals surface area contributed by atoms with E-state index in [0.29, 0.717) is 24.5 Å². The molecule has 0 aromatic carbocycles. The molecule has 0 aliphatic carbocycles. The maximum atomic E-state index is 10.9. The standard InChI is InChI=1S/C13H24N4O4/c1-5-11(8-21-4)14-6-12(18)7-16-10(3)13(17(19)20)9(2)15-16/h11-12,14,18H,5-8H2,1-4H3. The second-order valence-electron chi connectivity index (χ2n) is 5.08. The van der Waals surface area contributed by atoms with Gasteiger partial charge in [-0.3, -0.25) is 14.8 Å². The molecule has 0 aliphatic heterocycles. The van der Waals surface area contributed by atoms with Crippen molar-refractivity contribution in [3.8, 4) is 0 Å². The van der Waals surface area contributed by atoms with Crippen molar-refractivity contribution in [3.05, 3.63) is 21.5 Å². The van der Waals surface area contributed by atoms with Gasteiger partial charge in [-0.25, -0.2) is 0 Å². The Balaban J connectivity index is 2.61. The zero-order chi connectivity index (χ0) is 16.0. The second kappa shape index (κ2) is 8.06. The first kappa shape index (κ1) is 17.5. The summed E-state index contributed by atoms with van der Waals surface area (Å²) < 4.78 is 6.56. The van der Waals surface area contributed by atoms with Crippen LogP contribution in [0.25, 0.3) is 0 Å². The predicted molar refractivity (Wildman–Crippen MR) is 78.3 cm³/mol. The van der Waals surface area contributed by atoms with Gasteiger partial charge in [0.1, 0.15) is 11.4 Å². The number of methoxy groups -OCH3 is 1. The number of nitrogens with one attached hydrogen (secondary N) is 1. The van der Waals surface area contributed by atoms with E-state index >= 15 is 0 Å². The molecule has 8 nitrogen and oxygen atoms in total. The summed E-state index contributed by atoms with van der Waals surface area (Å²) in [4.78, 5) is 10.5. The SMILES string of the molecule is CCC(COC)NCC(O)Cn1nc(C)c([N+](=O)[O-])c1C. The van der Waals surface area contributed by atoms with Crippen LogP contribution in [0.3, 0.4) is 0 Å². The van der Waals surface area contributed by atoms with Crippen LogP contribution in [0.1, 0.15) is 24.7 Å². The molecule has 1 rings (SSSR count). The van der Waals surface area contributed by atoms with E-state index in [-0.39, 0.29) is 18.3 Å². The summed E-state index contributed by atoms with van der Waals surface area (Å²) in [5.41, 5.74) is 0.838. The van der Waals surface area contributed by atoms with Gasteiger partial charge in [0, 0.05) is 19.7 Å². The molecule has 0 bridgehead atoms. The highest BCUT2D eigenvalue weighted by Crippen LogP contribution is 2.21. The Morgan fingerprint density at radius 1 is 1.52 bits per heavy atom. The lowest BCUT2D eigenvalue weighted by molar-refractivity contribution is -0.386. The van der Waals surface area contributed by atoms with Crippen LogP contribution in [0, 0.1) is 24.0 Å². The summed E-state index contributed by atoms with van der Waals surface area (Å²) in [5, 5.41) is 28.3. The molecule has 1 aromatic heterocycles. The fourth-order valence-electron chi connectivity index (χ4n) is 2.22. The highest BCUT2D eigenvalue weighted by Gasteiger charge is 2.22. The molecule has 0 saturated heterocycles. The average Bonchev–Trinajstić information content (AvgIpc) is 2.69. The largest absolute Gasteiger partial charge is 0.390 e. The van der Waals surface area contributed by atoms with Gasteiger partial charge in [-0.05, 0) is 20.3 Å². The Bertz CT molecular complexity index is 475. The quantitative estimate of drug-likeness (QED) is 0.516. The zero-order valence-electron chi connectivity index (χ0n) is 13.0. The lowest BCUT2D eigenvalue weighted by atomic mass is 10.2. The molecule has 2 atom stereocenters. The molecular formula is C13H24N4O4. The minimum Gasteiger partial charge on any atom is -0.390 e. The molecule has 0 amide bonds. The first-order chi connectivity index (χ1) is 9.90. The van der Waals surface area contributed by atoms with E-state index in [2.05, 4.69) is 10.4 Å². The smallest absolute Gasteiger partial charge is 0.312 e. The van der Waals surface area contributed by atoms with Crippen molar-refractivity contribution >= 4 is 5.69 Å². The van der Waals surface area contributed by atoms with Crippen molar-refractivity contribution in [2.75, 3.05) is 20.3 Å². The average molecular weight is 300 g/mol. The van der Waals surface area contributed by atoms with Gasteiger partial charge in [0.15, 0.2) is 0 Å². The molecule has 1 heterocycles. The molecule has 2 unspecified atom stereocenters. The Labute approximate surface area is 124 Å². The fourth-order valence-corrected chi connectivity index (χ4v) is 2.22. The van der Waals surface area contributed by atoms with E-state index in [9.17, 15) is 15.2 Å². The van der Waals surface area contributed by atoms with Crippen molar-refractivity contribution in [2.24, 2.45) is 0 Å². The van der Waals surface area contributed by atoms with Gasteiger partial charge in [-0.1, -0.05) is 6.92 Å². The zero-order valence-corrected chi connectivity index (χ0v) is 13.0. The van der Waals surface area contributed by atoms with Crippen molar-refractivity contribution in [1.29, 1.82) is 0 Å². The summed E-state index contributed by atoms with van der Waals surface area (Å²) >= 11 is 0. The van der Waals surface area contributed by atoms with Crippen LogP contribution in [-0.2, 0) is 11.3 Å². The molecule has 120 valence electrons. The Morgan fingerprint density at radius 3 is 2.67 bits per heavy atom. The first-order valence-electron chi connectivity index (χ1n) is 6.99. The van der Waals surface area contributed by atoms with Gasteiger partial charge < -0.3 is 15.2 Å². The predicted octanol–water partition coefficient (Wildman–Crippen LogP) is 0.784. The Hall–Kier alpha value is -1.51. The van der Waals surface area contributed by atoms with E-state index in [1.54, 1.807) is 21.0 Å². The van der Waals surface area contributed by atoms with Gasteiger partial charge >= 0.3 is 5.69 Å². The number of nitrogens with zero attached hydrogens (tertiary/aromatic N) is 3. The fraction of sp³-hybridized carbons (Fsp3) is 0.769. The maximum Gasteiger partial charge on any atom is 0.312 e. The van der Waals surface area contributed by atoms with Crippen LogP contribution in [0.15, 0.2) is 0 Å². The lowest BCUT2D eigenvalue weighted by Crippen LogP contribution is -2.39. The third-order valence-corrected chi connectivity index (χ3v) is 3.41. The summed E-state index contributed by atoms with van der Waals surface area (Å²) in [6.07, 6.45) is 0.222. The molecule has 8 heteroatoms. The Morgan fingerprint density at radius 2 is 2.19 bits per heavy atom. The van der Waals surface area contributed by atoms with Gasteiger partial charge in [0.25, 0.3) is 0 Å². The molecule has 0 saturated carbocycles. The number of ether oxygens (including phenoxy) is 1. The number of aliphatic hydroxyl groups excluding tert-OH is 1. The molecule has 0 fully saturated rings. The van der Waals surface area contributed by atoms with Gasteiger partial charge in [0.2, 0.25) is 0 Å². The topological polar surface area (TPSA) is 102 Å². The third-order valence-electron chi connectivity index (χ3n) is 3.41. The number of hydrogen-bond donors (Lipinski definition) is 2. The highest BCUT2D eigenvalue weighted by molar-refractivity contribution is 5.39. The number of nitro groups is 1. The van der Waals surface area contributed by atoms with Crippen LogP contribution in [0.4, 0.5) is 5.69 Å². The normalized spacial score (nSPS) is 14.1. The molecule has 0 radical (unpaired) electrons. The molecule has 21 heavy (non-hydrogen) atoms. The number of aromatic nitrogens is 2. The van der Waals surface area contributed by atoms with Gasteiger partial charge in [-0.15, -0.1) is 0 Å². The van der Waals surface area contributed by atoms with Gasteiger partial charge in [-0.2, -0.15) is 5.10 Å². The monoisotopic (exact) mass is 300 g/mol. The Kier molecular flexibility index (Phi) is 6.73. The maximum absolute atomic E-state index is 10.9. The number of rotatable bonds is 9. The second-order valence-corrected chi connectivity index (χ2v) is 5.08. The molecular weight excluding hydrogens is 276 g/mol. The number of hydrogen-bond acceptors (Lipinski definition) is 6. The van der Waals surface area contributed by atoms with Crippen LogP contribution in [0.2, 0.25) is 0 Å². The summed E-state index contributed by atoms with van der Waals surface area (Å²) in [5.74, 6) is 0. The van der Waals surface area contributed by atoms with Crippen LogP contribution in [0.5, 0.6) is 0 Å². The molecule has 0 spiro atoms. The van der Waals surface area contributed by atoms with E-state index in [1.165, 1.54) is 4.68 Å². The summed E-state index contributed by atoms with van der Waals surface area (Å²) in [6, 6.07) is 0.180. The minimum atomic E-state index is -0.673. The van der Waals surface area contributed by atoms with E-state index in [0.717, 1.165) is 6.42 Å². The van der Waals surface area contributed by atoms with Crippen molar-refractivity contribution in [2.45, 2.75) is 45.9 Å². The highest BCUT2D eigenvalue weighted by atomic mass is 16.6. The van der Waals surface area contributed by atoms with Gasteiger partial charge in [0.05, 0.1) is 24.2 Å². The first-order valence-corrected chi connectivity index (χ1v) is 6.99. The number of aryl methyl sites for hydroxylation is 1. The summed E-state index contributed by atoms with van der Waals surface area (Å²) in [7, 11) is 1.63. The van der Waals surface area contributed by atoms with Crippen LogP contribution < -0.4 is 5.32 Å². The van der Waals surface area contributed by atoms with E-state index in [1.807, 2.05) is 6.92 Å². The van der Waals surface area contributed by atoms with Crippen LogP contribution >= 0.6 is 0 Å². The molecule has 2 N–H and O–H groups in total. The molecule has 0 aliphatic rings. The molecule has 1 aromatic rings. The van der Waals surface area contributed by atoms with E-state index in [4.69, 9.17) is 4.74 Å². The lowest BCUT2D eigenvalue weighted by Gasteiger charge is -2.19.